The number of aliphatic hydroxyl groups excluding tert-OH is 1. The summed E-state index contributed by atoms with van der Waals surface area (Å²) in [6.07, 6.45) is -1.18. The van der Waals surface area contributed by atoms with Crippen LogP contribution in [-0.4, -0.2) is 74.1 Å². The van der Waals surface area contributed by atoms with Crippen molar-refractivity contribution in [2.45, 2.75) is 13.0 Å². The number of quaternary nitrogens is 1. The highest BCUT2D eigenvalue weighted by atomic mass is 32.2. The molecule has 0 radical (unpaired) electrons. The van der Waals surface area contributed by atoms with Gasteiger partial charge in [0.05, 0.1) is 14.1 Å². The van der Waals surface area contributed by atoms with Crippen molar-refractivity contribution in [2.75, 3.05) is 39.5 Å². The highest BCUT2D eigenvalue weighted by molar-refractivity contribution is 7.85. The highest BCUT2D eigenvalue weighted by Gasteiger charge is 2.24. The fourth-order valence-electron chi connectivity index (χ4n) is 1.45. The Hall–Kier alpha value is -1.00. The summed E-state index contributed by atoms with van der Waals surface area (Å²) in [7, 11) is -0.678. The number of nitrogens with zero attached hydrogens (tertiary/aromatic N) is 1. The van der Waals surface area contributed by atoms with Crippen LogP contribution in [0.25, 0.3) is 0 Å². The van der Waals surface area contributed by atoms with Crippen LogP contribution >= 0.6 is 0 Å². The predicted molar refractivity (Wildman–Crippen MR) is 73.2 cm³/mol. The van der Waals surface area contributed by atoms with Crippen molar-refractivity contribution in [3.63, 3.8) is 0 Å². The fourth-order valence-corrected chi connectivity index (χ4v) is 2.05. The molecule has 0 aliphatic rings. The van der Waals surface area contributed by atoms with Crippen LogP contribution in [0.2, 0.25) is 0 Å². The minimum atomic E-state index is -4.20. The molecule has 0 aliphatic carbocycles. The first kappa shape index (κ1) is 19.0. The zero-order valence-corrected chi connectivity index (χ0v) is 12.8. The van der Waals surface area contributed by atoms with Crippen molar-refractivity contribution in [3.8, 4) is 0 Å². The molecule has 0 saturated heterocycles. The van der Waals surface area contributed by atoms with Crippen LogP contribution in [0.3, 0.4) is 0 Å². The normalized spacial score (nSPS) is 13.8. The predicted octanol–water partition coefficient (Wildman–Crippen LogP) is -1.06. The van der Waals surface area contributed by atoms with E-state index in [-0.39, 0.29) is 17.6 Å². The summed E-state index contributed by atoms with van der Waals surface area (Å²) in [5, 5.41) is 9.56. The summed E-state index contributed by atoms with van der Waals surface area (Å²) in [4.78, 5) is 16.1. The third-order valence-electron chi connectivity index (χ3n) is 2.46. The van der Waals surface area contributed by atoms with Crippen molar-refractivity contribution in [1.82, 2.24) is 5.48 Å². The number of hydrogen-bond donors (Lipinski definition) is 3. The van der Waals surface area contributed by atoms with E-state index >= 15 is 0 Å². The Morgan fingerprint density at radius 3 is 2.45 bits per heavy atom. The second-order valence-corrected chi connectivity index (χ2v) is 6.80. The van der Waals surface area contributed by atoms with E-state index in [9.17, 15) is 18.3 Å². The Labute approximate surface area is 119 Å². The zero-order chi connectivity index (χ0) is 16.0. The molecule has 20 heavy (non-hydrogen) atoms. The van der Waals surface area contributed by atoms with Crippen molar-refractivity contribution in [2.24, 2.45) is 0 Å². The Morgan fingerprint density at radius 1 is 1.45 bits per heavy atom. The molecule has 0 bridgehead atoms. The van der Waals surface area contributed by atoms with Gasteiger partial charge in [-0.3, -0.25) is 14.2 Å². The highest BCUT2D eigenvalue weighted by Crippen LogP contribution is 2.02. The molecule has 0 saturated carbocycles. The maximum atomic E-state index is 11.1. The van der Waals surface area contributed by atoms with Gasteiger partial charge in [0, 0.05) is 5.57 Å². The SMILES string of the molecule is C=C(C)C(=O)NOCC[N+](C)(C)CC(O)CS(=O)(=O)O. The Morgan fingerprint density at radius 2 is 2.00 bits per heavy atom. The van der Waals surface area contributed by atoms with E-state index in [0.717, 1.165) is 0 Å². The third-order valence-corrected chi connectivity index (χ3v) is 3.27. The Balaban J connectivity index is 4.07. The van der Waals surface area contributed by atoms with E-state index in [1.54, 1.807) is 21.0 Å². The number of nitrogens with one attached hydrogen (secondary N) is 1. The van der Waals surface area contributed by atoms with Crippen LogP contribution in [0.5, 0.6) is 0 Å². The second kappa shape index (κ2) is 7.70. The van der Waals surface area contributed by atoms with Crippen LogP contribution in [0.15, 0.2) is 12.2 Å². The van der Waals surface area contributed by atoms with E-state index in [4.69, 9.17) is 9.39 Å². The van der Waals surface area contributed by atoms with Gasteiger partial charge in [-0.1, -0.05) is 6.58 Å². The summed E-state index contributed by atoms with van der Waals surface area (Å²) >= 11 is 0. The number of rotatable bonds is 9. The number of carbonyl (C=O) groups is 1. The first-order chi connectivity index (χ1) is 8.93. The quantitative estimate of drug-likeness (QED) is 0.164. The molecule has 0 aromatic rings. The topological polar surface area (TPSA) is 113 Å². The van der Waals surface area contributed by atoms with Crippen molar-refractivity contribution in [1.29, 1.82) is 0 Å². The number of hydroxylamine groups is 1. The van der Waals surface area contributed by atoms with Gasteiger partial charge < -0.3 is 9.59 Å². The third kappa shape index (κ3) is 9.87. The van der Waals surface area contributed by atoms with Crippen LogP contribution in [0.4, 0.5) is 0 Å². The molecule has 1 amide bonds. The summed E-state index contributed by atoms with van der Waals surface area (Å²) < 4.78 is 30.2. The van der Waals surface area contributed by atoms with Gasteiger partial charge in [0.25, 0.3) is 16.0 Å². The number of aliphatic hydroxyl groups is 1. The van der Waals surface area contributed by atoms with Crippen molar-refractivity contribution in [3.05, 3.63) is 12.2 Å². The largest absolute Gasteiger partial charge is 0.386 e. The number of carbonyl (C=O) groups excluding carboxylic acids is 1. The average Bonchev–Trinajstić information content (AvgIpc) is 2.19. The van der Waals surface area contributed by atoms with Crippen LogP contribution in [-0.2, 0) is 19.8 Å². The van der Waals surface area contributed by atoms with E-state index in [2.05, 4.69) is 12.1 Å². The van der Waals surface area contributed by atoms with Crippen molar-refractivity contribution < 1.29 is 32.2 Å². The lowest BCUT2D eigenvalue weighted by Gasteiger charge is -2.31. The van der Waals surface area contributed by atoms with Crippen molar-refractivity contribution >= 4 is 16.0 Å². The molecule has 1 atom stereocenters. The lowest BCUT2D eigenvalue weighted by molar-refractivity contribution is -0.893. The van der Waals surface area contributed by atoms with E-state index in [1.807, 2.05) is 0 Å². The maximum absolute atomic E-state index is 11.1. The summed E-state index contributed by atoms with van der Waals surface area (Å²) in [5.74, 6) is -1.12. The first-order valence-corrected chi connectivity index (χ1v) is 7.57. The van der Waals surface area contributed by atoms with Crippen LogP contribution < -0.4 is 5.48 Å². The van der Waals surface area contributed by atoms with Gasteiger partial charge in [-0.2, -0.15) is 8.42 Å². The molecule has 0 aliphatic heterocycles. The monoisotopic (exact) mass is 311 g/mol. The molecule has 1 unspecified atom stereocenters. The molecule has 0 spiro atoms. The van der Waals surface area contributed by atoms with E-state index in [1.165, 1.54) is 0 Å². The van der Waals surface area contributed by atoms with Gasteiger partial charge in [-0.05, 0) is 6.92 Å². The van der Waals surface area contributed by atoms with Gasteiger partial charge in [0.2, 0.25) is 0 Å². The molecular formula is C11H23N2O6S+. The minimum Gasteiger partial charge on any atom is -0.386 e. The number of likely N-dealkylation sites (N-methyl/N-ethyl adjacent to an activating group) is 1. The van der Waals surface area contributed by atoms with Gasteiger partial charge in [0.1, 0.15) is 31.6 Å². The lowest BCUT2D eigenvalue weighted by atomic mass is 10.3. The van der Waals surface area contributed by atoms with Gasteiger partial charge in [0.15, 0.2) is 0 Å². The smallest absolute Gasteiger partial charge is 0.269 e. The average molecular weight is 311 g/mol. The molecule has 0 heterocycles. The number of hydrogen-bond acceptors (Lipinski definition) is 5. The molecule has 3 N–H and O–H groups in total. The zero-order valence-electron chi connectivity index (χ0n) is 12.0. The summed E-state index contributed by atoms with van der Waals surface area (Å²) in [5.41, 5.74) is 2.52. The van der Waals surface area contributed by atoms with Gasteiger partial charge in [-0.25, -0.2) is 5.48 Å². The van der Waals surface area contributed by atoms with Crippen LogP contribution in [0, 0.1) is 0 Å². The van der Waals surface area contributed by atoms with Gasteiger partial charge >= 0.3 is 0 Å². The Kier molecular flexibility index (Phi) is 7.31. The lowest BCUT2D eigenvalue weighted by Crippen LogP contribution is -2.49. The van der Waals surface area contributed by atoms with E-state index in [0.29, 0.717) is 12.1 Å². The van der Waals surface area contributed by atoms with Gasteiger partial charge in [-0.15, -0.1) is 0 Å². The first-order valence-electron chi connectivity index (χ1n) is 5.96. The summed E-state index contributed by atoms with van der Waals surface area (Å²) in [6.45, 7) is 5.73. The molecule has 118 valence electrons. The molecular weight excluding hydrogens is 288 g/mol. The van der Waals surface area contributed by atoms with E-state index < -0.39 is 27.9 Å². The fraction of sp³-hybridized carbons (Fsp3) is 0.727. The molecule has 0 fully saturated rings. The maximum Gasteiger partial charge on any atom is 0.269 e. The molecule has 0 aromatic heterocycles. The summed E-state index contributed by atoms with van der Waals surface area (Å²) in [6, 6.07) is 0. The molecule has 9 heteroatoms. The number of amides is 1. The van der Waals surface area contributed by atoms with Crippen LogP contribution in [0.1, 0.15) is 6.92 Å². The molecule has 8 nitrogen and oxygen atoms in total. The standard InChI is InChI=1S/C11H22N2O6S/c1-9(2)11(15)12-19-6-5-13(3,4)7-10(14)8-20(16,17)18/h10,14H,1,5-8H2,2-4H3,(H-,12,15,16,17,18)/p+1. The minimum absolute atomic E-state index is 0.123. The second-order valence-electron chi connectivity index (χ2n) is 5.30. The Bertz CT molecular complexity index is 446. The molecule has 0 aromatic carbocycles. The molecule has 0 rings (SSSR count).